The van der Waals surface area contributed by atoms with Crippen LogP contribution in [0.5, 0.6) is 11.5 Å². The first-order valence-corrected chi connectivity index (χ1v) is 10.4. The van der Waals surface area contributed by atoms with Gasteiger partial charge in [0.25, 0.3) is 5.91 Å². The number of anilines is 1. The van der Waals surface area contributed by atoms with Crippen molar-refractivity contribution in [2.24, 2.45) is 7.05 Å². The molecule has 0 atom stereocenters. The fraction of sp³-hybridized carbons (Fsp3) is 0.238. The first-order valence-electron chi connectivity index (χ1n) is 9.47. The second-order valence-electron chi connectivity index (χ2n) is 7.07. The summed E-state index contributed by atoms with van der Waals surface area (Å²) in [5.41, 5.74) is 4.42. The van der Waals surface area contributed by atoms with E-state index in [1.807, 2.05) is 44.5 Å². The average molecular weight is 421 g/mol. The molecule has 8 nitrogen and oxygen atoms in total. The molecule has 1 aliphatic rings. The molecule has 9 heteroatoms. The van der Waals surface area contributed by atoms with Crippen molar-refractivity contribution >= 4 is 33.4 Å². The van der Waals surface area contributed by atoms with Crippen molar-refractivity contribution in [2.45, 2.75) is 13.8 Å². The second kappa shape index (κ2) is 7.10. The van der Waals surface area contributed by atoms with Gasteiger partial charge >= 0.3 is 0 Å². The third-order valence-corrected chi connectivity index (χ3v) is 5.66. The molecule has 0 aliphatic carbocycles. The van der Waals surface area contributed by atoms with Crippen LogP contribution < -0.4 is 14.8 Å². The molecule has 0 saturated heterocycles. The van der Waals surface area contributed by atoms with Crippen LogP contribution in [0, 0.1) is 13.8 Å². The van der Waals surface area contributed by atoms with Crippen molar-refractivity contribution in [3.05, 3.63) is 46.6 Å². The number of benzene rings is 1. The molecular formula is C21H19N5O3S. The number of aryl methyl sites for hydroxylation is 3. The summed E-state index contributed by atoms with van der Waals surface area (Å²) >= 11 is 1.37. The summed E-state index contributed by atoms with van der Waals surface area (Å²) in [4.78, 5) is 22.1. The maximum atomic E-state index is 13.0. The van der Waals surface area contributed by atoms with E-state index in [1.165, 1.54) is 11.3 Å². The topological polar surface area (TPSA) is 91.2 Å². The molecule has 152 valence electrons. The molecule has 3 aromatic heterocycles. The third-order valence-electron chi connectivity index (χ3n) is 4.90. The molecule has 1 N–H and O–H groups in total. The first kappa shape index (κ1) is 18.6. The van der Waals surface area contributed by atoms with Gasteiger partial charge in [-0.1, -0.05) is 0 Å². The molecule has 0 bridgehead atoms. The highest BCUT2D eigenvalue weighted by molar-refractivity contribution is 7.14. The Bertz CT molecular complexity index is 1290. The molecular weight excluding hydrogens is 402 g/mol. The number of hydrogen-bond acceptors (Lipinski definition) is 7. The summed E-state index contributed by atoms with van der Waals surface area (Å²) in [7, 11) is 1.82. The largest absolute Gasteiger partial charge is 0.486 e. The SMILES string of the molecule is Cc1cc(C(=O)Nc2nc(-c3ccc4c(c3)OCCO4)cs2)c2c(C)nn(C)c2n1. The number of hydrogen-bond donors (Lipinski definition) is 1. The van der Waals surface area contributed by atoms with E-state index >= 15 is 0 Å². The number of ether oxygens (including phenoxy) is 2. The number of nitrogens with zero attached hydrogens (tertiary/aromatic N) is 4. The van der Waals surface area contributed by atoms with Crippen molar-refractivity contribution < 1.29 is 14.3 Å². The standard InChI is InChI=1S/C21H19N5O3S/c1-11-8-14(18-12(2)25-26(3)19(18)22-11)20(27)24-21-23-15(10-30-21)13-4-5-16-17(9-13)29-7-6-28-16/h4-5,8-10H,6-7H2,1-3H3,(H,23,24,27). The van der Waals surface area contributed by atoms with Crippen molar-refractivity contribution in [2.75, 3.05) is 18.5 Å². The molecule has 4 aromatic rings. The summed E-state index contributed by atoms with van der Waals surface area (Å²) in [6, 6.07) is 7.50. The number of aromatic nitrogens is 4. The van der Waals surface area contributed by atoms with Gasteiger partial charge in [0.15, 0.2) is 22.3 Å². The zero-order chi connectivity index (χ0) is 20.8. The Hall–Kier alpha value is -3.46. The van der Waals surface area contributed by atoms with E-state index in [4.69, 9.17) is 9.47 Å². The maximum absolute atomic E-state index is 13.0. The van der Waals surface area contributed by atoms with Gasteiger partial charge in [-0.05, 0) is 38.1 Å². The zero-order valence-corrected chi connectivity index (χ0v) is 17.5. The number of nitrogens with one attached hydrogen (secondary N) is 1. The smallest absolute Gasteiger partial charge is 0.258 e. The van der Waals surface area contributed by atoms with Crippen LogP contribution in [-0.4, -0.2) is 38.9 Å². The number of thiazole rings is 1. The summed E-state index contributed by atoms with van der Waals surface area (Å²) in [5, 5.41) is 10.5. The zero-order valence-electron chi connectivity index (χ0n) is 16.7. The van der Waals surface area contributed by atoms with E-state index < -0.39 is 0 Å². The normalized spacial score (nSPS) is 12.9. The lowest BCUT2D eigenvalue weighted by Crippen LogP contribution is -2.15. The average Bonchev–Trinajstić information content (AvgIpc) is 3.31. The molecule has 0 spiro atoms. The summed E-state index contributed by atoms with van der Waals surface area (Å²) in [5.74, 6) is 1.21. The fourth-order valence-corrected chi connectivity index (χ4v) is 4.29. The van der Waals surface area contributed by atoms with E-state index in [0.29, 0.717) is 35.3 Å². The fourth-order valence-electron chi connectivity index (χ4n) is 3.58. The monoisotopic (exact) mass is 421 g/mol. The lowest BCUT2D eigenvalue weighted by molar-refractivity contribution is 0.102. The number of carbonyl (C=O) groups excluding carboxylic acids is 1. The number of carbonyl (C=O) groups is 1. The molecule has 30 heavy (non-hydrogen) atoms. The first-order chi connectivity index (χ1) is 14.5. The Morgan fingerprint density at radius 1 is 1.13 bits per heavy atom. The Labute approximate surface area is 176 Å². The van der Waals surface area contributed by atoms with Crippen LogP contribution in [0.4, 0.5) is 5.13 Å². The van der Waals surface area contributed by atoms with Gasteiger partial charge < -0.3 is 9.47 Å². The molecule has 5 rings (SSSR count). The van der Waals surface area contributed by atoms with Crippen LogP contribution >= 0.6 is 11.3 Å². The highest BCUT2D eigenvalue weighted by atomic mass is 32.1. The van der Waals surface area contributed by atoms with Crippen LogP contribution in [0.2, 0.25) is 0 Å². The van der Waals surface area contributed by atoms with Gasteiger partial charge in [-0.2, -0.15) is 5.10 Å². The predicted octanol–water partition coefficient (Wildman–Crippen LogP) is 3.73. The quantitative estimate of drug-likeness (QED) is 0.542. The lowest BCUT2D eigenvalue weighted by Gasteiger charge is -2.18. The van der Waals surface area contributed by atoms with Crippen molar-refractivity contribution in [1.82, 2.24) is 19.7 Å². The van der Waals surface area contributed by atoms with Gasteiger partial charge in [-0.3, -0.25) is 14.8 Å². The van der Waals surface area contributed by atoms with E-state index in [2.05, 4.69) is 20.4 Å². The molecule has 1 amide bonds. The number of amides is 1. The summed E-state index contributed by atoms with van der Waals surface area (Å²) in [6.07, 6.45) is 0. The van der Waals surface area contributed by atoms with E-state index in [1.54, 1.807) is 10.7 Å². The van der Waals surface area contributed by atoms with E-state index in [0.717, 1.165) is 33.8 Å². The van der Waals surface area contributed by atoms with E-state index in [9.17, 15) is 4.79 Å². The van der Waals surface area contributed by atoms with Crippen molar-refractivity contribution in [3.8, 4) is 22.8 Å². The minimum atomic E-state index is -0.232. The van der Waals surface area contributed by atoms with Crippen LogP contribution in [0.3, 0.4) is 0 Å². The summed E-state index contributed by atoms with van der Waals surface area (Å²) in [6.45, 7) is 4.82. The molecule has 0 fully saturated rings. The molecule has 1 aromatic carbocycles. The van der Waals surface area contributed by atoms with Crippen LogP contribution in [0.1, 0.15) is 21.7 Å². The van der Waals surface area contributed by atoms with Gasteiger partial charge in [0.2, 0.25) is 0 Å². The van der Waals surface area contributed by atoms with Gasteiger partial charge in [0.1, 0.15) is 13.2 Å². The number of rotatable bonds is 3. The molecule has 0 radical (unpaired) electrons. The van der Waals surface area contributed by atoms with Gasteiger partial charge in [0, 0.05) is 23.7 Å². The van der Waals surface area contributed by atoms with E-state index in [-0.39, 0.29) is 5.91 Å². The molecule has 1 aliphatic heterocycles. The van der Waals surface area contributed by atoms with Crippen LogP contribution in [0.15, 0.2) is 29.6 Å². The lowest BCUT2D eigenvalue weighted by atomic mass is 10.1. The highest BCUT2D eigenvalue weighted by Crippen LogP contribution is 2.35. The molecule has 0 unspecified atom stereocenters. The minimum Gasteiger partial charge on any atom is -0.486 e. The van der Waals surface area contributed by atoms with Crippen molar-refractivity contribution in [3.63, 3.8) is 0 Å². The Kier molecular flexibility index (Phi) is 4.39. The minimum absolute atomic E-state index is 0.232. The predicted molar refractivity (Wildman–Crippen MR) is 114 cm³/mol. The number of fused-ring (bicyclic) bond motifs is 2. The Morgan fingerprint density at radius 2 is 1.93 bits per heavy atom. The van der Waals surface area contributed by atoms with Gasteiger partial charge in [-0.15, -0.1) is 11.3 Å². The van der Waals surface area contributed by atoms with Gasteiger partial charge in [-0.25, -0.2) is 9.97 Å². The van der Waals surface area contributed by atoms with Crippen molar-refractivity contribution in [1.29, 1.82) is 0 Å². The third kappa shape index (κ3) is 3.17. The molecule has 0 saturated carbocycles. The number of pyridine rings is 1. The maximum Gasteiger partial charge on any atom is 0.258 e. The second-order valence-corrected chi connectivity index (χ2v) is 7.93. The highest BCUT2D eigenvalue weighted by Gasteiger charge is 2.19. The Morgan fingerprint density at radius 3 is 2.77 bits per heavy atom. The van der Waals surface area contributed by atoms with Gasteiger partial charge in [0.05, 0.1) is 22.3 Å². The van der Waals surface area contributed by atoms with Crippen LogP contribution in [0.25, 0.3) is 22.3 Å². The van der Waals surface area contributed by atoms with Crippen LogP contribution in [-0.2, 0) is 7.05 Å². The summed E-state index contributed by atoms with van der Waals surface area (Å²) < 4.78 is 12.9. The molecule has 4 heterocycles. The Balaban J connectivity index is 1.43.